The summed E-state index contributed by atoms with van der Waals surface area (Å²) in [4.78, 5) is 21.7. The minimum Gasteiger partial charge on any atom is -0.478 e. The van der Waals surface area contributed by atoms with Gasteiger partial charge in [-0.1, -0.05) is 18.1 Å². The second-order valence-corrected chi connectivity index (χ2v) is 2.73. The molecule has 0 bridgehead atoms. The van der Waals surface area contributed by atoms with Crippen molar-refractivity contribution < 1.29 is 14.7 Å². The highest BCUT2D eigenvalue weighted by Gasteiger charge is 2.06. The number of carbonyl (C=O) groups is 2. The molecule has 1 aromatic rings. The van der Waals surface area contributed by atoms with E-state index < -0.39 is 11.8 Å². The van der Waals surface area contributed by atoms with Gasteiger partial charge in [-0.3, -0.25) is 4.79 Å². The molecule has 74 valence electrons. The molecule has 1 rings (SSSR count). The summed E-state index contributed by atoms with van der Waals surface area (Å²) in [6, 6.07) is 6.57. The van der Waals surface area contributed by atoms with E-state index in [1.165, 1.54) is 0 Å². The maximum Gasteiger partial charge on any atom is 0.328 e. The molecule has 1 aromatic carbocycles. The third-order valence-corrected chi connectivity index (χ3v) is 1.73. The molecule has 0 radical (unpaired) electrons. The Morgan fingerprint density at radius 2 is 1.93 bits per heavy atom. The lowest BCUT2D eigenvalue weighted by Gasteiger charge is -1.98. The molecular formula is C12H8O3. The number of hydrogen-bond donors (Lipinski definition) is 1. The smallest absolute Gasteiger partial charge is 0.328 e. The average molecular weight is 200 g/mol. The number of ketones is 1. The predicted molar refractivity (Wildman–Crippen MR) is 55.5 cm³/mol. The first-order valence-corrected chi connectivity index (χ1v) is 4.16. The summed E-state index contributed by atoms with van der Waals surface area (Å²) in [6.45, 7) is 0. The van der Waals surface area contributed by atoms with Crippen molar-refractivity contribution in [1.82, 2.24) is 0 Å². The van der Waals surface area contributed by atoms with Crippen molar-refractivity contribution in [2.24, 2.45) is 0 Å². The molecule has 0 amide bonds. The minimum absolute atomic E-state index is 0.331. The highest BCUT2D eigenvalue weighted by Crippen LogP contribution is 2.08. The minimum atomic E-state index is -1.17. The number of rotatable bonds is 3. The Morgan fingerprint density at radius 1 is 1.27 bits per heavy atom. The molecule has 0 spiro atoms. The fourth-order valence-corrected chi connectivity index (χ4v) is 1.06. The monoisotopic (exact) mass is 200 g/mol. The standard InChI is InChI=1S/C12H8O3/c1-2-9-5-3-4-6-10(9)11(13)7-8-12(14)15/h1,3-8H,(H,14,15)/b8-7+. The van der Waals surface area contributed by atoms with E-state index in [1.54, 1.807) is 24.3 Å². The zero-order chi connectivity index (χ0) is 11.3. The van der Waals surface area contributed by atoms with Crippen molar-refractivity contribution in [3.05, 3.63) is 47.5 Å². The number of allylic oxidation sites excluding steroid dienone is 1. The Morgan fingerprint density at radius 3 is 2.53 bits per heavy atom. The molecule has 0 aromatic heterocycles. The SMILES string of the molecule is C#Cc1ccccc1C(=O)/C=C/C(=O)O. The molecule has 1 N–H and O–H groups in total. The fourth-order valence-electron chi connectivity index (χ4n) is 1.06. The van der Waals surface area contributed by atoms with E-state index in [1.807, 2.05) is 0 Å². The predicted octanol–water partition coefficient (Wildman–Crippen LogP) is 1.49. The van der Waals surface area contributed by atoms with Gasteiger partial charge in [-0.25, -0.2) is 4.79 Å². The maximum absolute atomic E-state index is 11.5. The lowest BCUT2D eigenvalue weighted by molar-refractivity contribution is -0.131. The third kappa shape index (κ3) is 2.82. The van der Waals surface area contributed by atoms with E-state index >= 15 is 0 Å². The molecule has 3 nitrogen and oxygen atoms in total. The molecule has 3 heteroatoms. The molecule has 0 saturated carbocycles. The van der Waals surface area contributed by atoms with Crippen molar-refractivity contribution in [2.75, 3.05) is 0 Å². The molecule has 0 fully saturated rings. The van der Waals surface area contributed by atoms with Crippen LogP contribution in [0, 0.1) is 12.3 Å². The number of carboxylic acids is 1. The average Bonchev–Trinajstić information content (AvgIpc) is 2.25. The fraction of sp³-hybridized carbons (Fsp3) is 0. The van der Waals surface area contributed by atoms with E-state index in [0.29, 0.717) is 11.1 Å². The molecule has 0 unspecified atom stereocenters. The van der Waals surface area contributed by atoms with E-state index in [9.17, 15) is 9.59 Å². The zero-order valence-corrected chi connectivity index (χ0v) is 7.81. The van der Waals surface area contributed by atoms with Crippen molar-refractivity contribution >= 4 is 11.8 Å². The highest BCUT2D eigenvalue weighted by atomic mass is 16.4. The molecule has 0 aliphatic heterocycles. The summed E-state index contributed by atoms with van der Waals surface area (Å²) in [5, 5.41) is 8.36. The van der Waals surface area contributed by atoms with Gasteiger partial charge in [0.1, 0.15) is 0 Å². The molecular weight excluding hydrogens is 192 g/mol. The van der Waals surface area contributed by atoms with Gasteiger partial charge in [-0.05, 0) is 18.2 Å². The van der Waals surface area contributed by atoms with Crippen molar-refractivity contribution in [3.63, 3.8) is 0 Å². The summed E-state index contributed by atoms with van der Waals surface area (Å²) in [5.74, 6) is 0.786. The Bertz CT molecular complexity index is 464. The van der Waals surface area contributed by atoms with E-state index in [-0.39, 0.29) is 0 Å². The van der Waals surface area contributed by atoms with Gasteiger partial charge in [0.25, 0.3) is 0 Å². The van der Waals surface area contributed by atoms with Crippen molar-refractivity contribution in [3.8, 4) is 12.3 Å². The van der Waals surface area contributed by atoms with E-state index in [4.69, 9.17) is 11.5 Å². The maximum atomic E-state index is 11.5. The van der Waals surface area contributed by atoms with E-state index in [0.717, 1.165) is 12.2 Å². The molecule has 0 atom stereocenters. The Hall–Kier alpha value is -2.34. The molecule has 15 heavy (non-hydrogen) atoms. The quantitative estimate of drug-likeness (QED) is 0.457. The number of carboxylic acid groups (broad SMARTS) is 1. The number of aliphatic carboxylic acids is 1. The van der Waals surface area contributed by atoms with Gasteiger partial charge < -0.3 is 5.11 Å². The van der Waals surface area contributed by atoms with Gasteiger partial charge in [0.2, 0.25) is 0 Å². The van der Waals surface area contributed by atoms with Crippen LogP contribution in [0.25, 0.3) is 0 Å². The van der Waals surface area contributed by atoms with Crippen LogP contribution >= 0.6 is 0 Å². The molecule has 0 heterocycles. The van der Waals surface area contributed by atoms with Crippen molar-refractivity contribution in [2.45, 2.75) is 0 Å². The number of terminal acetylenes is 1. The first-order valence-electron chi connectivity index (χ1n) is 4.16. The first-order chi connectivity index (χ1) is 7.15. The Labute approximate surface area is 87.0 Å². The van der Waals surface area contributed by atoms with Crippen LogP contribution in [0.3, 0.4) is 0 Å². The second-order valence-electron chi connectivity index (χ2n) is 2.73. The Kier molecular flexibility index (Phi) is 3.42. The zero-order valence-electron chi connectivity index (χ0n) is 7.81. The lowest BCUT2D eigenvalue weighted by Crippen LogP contribution is -1.99. The second kappa shape index (κ2) is 4.77. The third-order valence-electron chi connectivity index (χ3n) is 1.73. The number of benzene rings is 1. The van der Waals surface area contributed by atoms with Gasteiger partial charge >= 0.3 is 5.97 Å². The van der Waals surface area contributed by atoms with Crippen LogP contribution in [0.15, 0.2) is 36.4 Å². The van der Waals surface area contributed by atoms with Crippen molar-refractivity contribution in [1.29, 1.82) is 0 Å². The van der Waals surface area contributed by atoms with Crippen LogP contribution < -0.4 is 0 Å². The van der Waals surface area contributed by atoms with Gasteiger partial charge in [0.05, 0.1) is 0 Å². The molecule has 0 aliphatic carbocycles. The lowest BCUT2D eigenvalue weighted by atomic mass is 10.0. The van der Waals surface area contributed by atoms with Crippen LogP contribution in [0.2, 0.25) is 0 Å². The first kappa shape index (κ1) is 10.7. The number of carbonyl (C=O) groups excluding carboxylic acids is 1. The van der Waals surface area contributed by atoms with Crippen LogP contribution in [0.4, 0.5) is 0 Å². The summed E-state index contributed by atoms with van der Waals surface area (Å²) < 4.78 is 0. The normalized spacial score (nSPS) is 9.80. The van der Waals surface area contributed by atoms with Gasteiger partial charge in [0.15, 0.2) is 5.78 Å². The summed E-state index contributed by atoms with van der Waals surface area (Å²) in [6.07, 6.45) is 6.97. The van der Waals surface area contributed by atoms with Crippen LogP contribution in [0.5, 0.6) is 0 Å². The van der Waals surface area contributed by atoms with Crippen LogP contribution in [-0.2, 0) is 4.79 Å². The number of hydrogen-bond acceptors (Lipinski definition) is 2. The van der Waals surface area contributed by atoms with Gasteiger partial charge in [-0.2, -0.15) is 0 Å². The summed E-state index contributed by atoms with van der Waals surface area (Å²) in [5.41, 5.74) is 0.787. The van der Waals surface area contributed by atoms with Crippen LogP contribution in [0.1, 0.15) is 15.9 Å². The van der Waals surface area contributed by atoms with Gasteiger partial charge in [0, 0.05) is 17.2 Å². The molecule has 0 saturated heterocycles. The largest absolute Gasteiger partial charge is 0.478 e. The summed E-state index contributed by atoms with van der Waals surface area (Å²) >= 11 is 0. The Balaban J connectivity index is 3.02. The summed E-state index contributed by atoms with van der Waals surface area (Å²) in [7, 11) is 0. The molecule has 0 aliphatic rings. The van der Waals surface area contributed by atoms with Gasteiger partial charge in [-0.15, -0.1) is 6.42 Å². The topological polar surface area (TPSA) is 54.4 Å². The highest BCUT2D eigenvalue weighted by molar-refractivity contribution is 6.08. The van der Waals surface area contributed by atoms with Crippen LogP contribution in [-0.4, -0.2) is 16.9 Å². The van der Waals surface area contributed by atoms with E-state index in [2.05, 4.69) is 5.92 Å².